The summed E-state index contributed by atoms with van der Waals surface area (Å²) in [4.78, 5) is 19.9. The first-order chi connectivity index (χ1) is 12.0. The van der Waals surface area contributed by atoms with E-state index in [0.29, 0.717) is 11.8 Å². The Morgan fingerprint density at radius 3 is 2.15 bits per heavy atom. The predicted molar refractivity (Wildman–Crippen MR) is 91.4 cm³/mol. The number of carboxylic acid groups (broad SMARTS) is 1. The number of aliphatic hydroxyl groups excluding tert-OH is 5. The highest BCUT2D eigenvalue weighted by Crippen LogP contribution is 2.33. The zero-order valence-corrected chi connectivity index (χ0v) is 15.4. The van der Waals surface area contributed by atoms with E-state index in [1.807, 2.05) is 0 Å². The first-order valence-corrected chi connectivity index (χ1v) is 8.72. The lowest BCUT2D eigenvalue weighted by Crippen LogP contribution is -2.46. The Morgan fingerprint density at radius 2 is 1.73 bits per heavy atom. The zero-order valence-electron chi connectivity index (χ0n) is 15.4. The molecule has 154 valence electrons. The van der Waals surface area contributed by atoms with Crippen LogP contribution >= 0.6 is 0 Å². The van der Waals surface area contributed by atoms with Gasteiger partial charge in [-0.25, -0.2) is 4.79 Å². The maximum atomic E-state index is 10.0. The molecule has 3 unspecified atom stereocenters. The van der Waals surface area contributed by atoms with E-state index in [2.05, 4.69) is 25.5 Å². The van der Waals surface area contributed by atoms with Crippen LogP contribution in [-0.4, -0.2) is 80.2 Å². The topological polar surface area (TPSA) is 165 Å². The maximum Gasteiger partial charge on any atom is 0.505 e. The molecule has 6 N–H and O–H groups in total. The molecule has 0 saturated heterocycles. The number of ether oxygens (including phenoxy) is 1. The van der Waals surface area contributed by atoms with Crippen molar-refractivity contribution < 1.29 is 45.0 Å². The number of hydrogen-bond acceptors (Lipinski definition) is 8. The highest BCUT2D eigenvalue weighted by atomic mass is 16.7. The van der Waals surface area contributed by atoms with Crippen LogP contribution in [0, 0.1) is 17.8 Å². The van der Waals surface area contributed by atoms with Crippen LogP contribution in [0.1, 0.15) is 40.0 Å². The summed E-state index contributed by atoms with van der Waals surface area (Å²) in [5, 5.41) is 53.7. The molecule has 1 aliphatic rings. The van der Waals surface area contributed by atoms with Crippen LogP contribution in [0.2, 0.25) is 0 Å². The Labute approximate surface area is 153 Å². The minimum Gasteiger partial charge on any atom is -0.450 e. The number of aldehydes is 1. The summed E-state index contributed by atoms with van der Waals surface area (Å²) in [6.07, 6.45) is -5.56. The monoisotopic (exact) mass is 380 g/mol. The van der Waals surface area contributed by atoms with Gasteiger partial charge in [-0.15, -0.1) is 0 Å². The van der Waals surface area contributed by atoms with Gasteiger partial charge in [-0.2, -0.15) is 0 Å². The van der Waals surface area contributed by atoms with Gasteiger partial charge in [0.1, 0.15) is 31.0 Å². The molecule has 0 spiro atoms. The van der Waals surface area contributed by atoms with E-state index >= 15 is 0 Å². The molecule has 1 rings (SSSR count). The summed E-state index contributed by atoms with van der Waals surface area (Å²) >= 11 is 0. The molecule has 0 amide bonds. The molecule has 1 saturated carbocycles. The van der Waals surface area contributed by atoms with Gasteiger partial charge in [-0.05, 0) is 30.6 Å². The Hall–Kier alpha value is -1.26. The lowest BCUT2D eigenvalue weighted by Gasteiger charge is -2.33. The largest absolute Gasteiger partial charge is 0.505 e. The zero-order chi connectivity index (χ0) is 20.4. The number of carbonyl (C=O) groups excluding carboxylic acids is 1. The molecule has 0 aromatic rings. The van der Waals surface area contributed by atoms with Crippen molar-refractivity contribution in [2.24, 2.45) is 17.8 Å². The van der Waals surface area contributed by atoms with Crippen molar-refractivity contribution in [1.82, 2.24) is 0 Å². The van der Waals surface area contributed by atoms with Gasteiger partial charge in [0.05, 0.1) is 6.10 Å². The summed E-state index contributed by atoms with van der Waals surface area (Å²) in [5.74, 6) is 1.95. The second-order valence-electron chi connectivity index (χ2n) is 7.15. The molecule has 0 bridgehead atoms. The summed E-state index contributed by atoms with van der Waals surface area (Å²) in [7, 11) is 0. The van der Waals surface area contributed by atoms with Gasteiger partial charge in [-0.1, -0.05) is 27.2 Å². The van der Waals surface area contributed by atoms with E-state index in [0.717, 1.165) is 12.3 Å². The third-order valence-corrected chi connectivity index (χ3v) is 4.60. The molecule has 1 fully saturated rings. The van der Waals surface area contributed by atoms with Gasteiger partial charge in [0.2, 0.25) is 0 Å². The highest BCUT2D eigenvalue weighted by Gasteiger charge is 2.31. The van der Waals surface area contributed by atoms with Crippen LogP contribution in [0.3, 0.4) is 0 Å². The molecule has 0 radical (unpaired) electrons. The quantitative estimate of drug-likeness (QED) is 0.258. The van der Waals surface area contributed by atoms with E-state index in [4.69, 9.17) is 25.5 Å². The number of rotatable bonds is 7. The van der Waals surface area contributed by atoms with Gasteiger partial charge >= 0.3 is 6.16 Å². The van der Waals surface area contributed by atoms with Crippen LogP contribution in [0.15, 0.2) is 0 Å². The molecule has 0 heterocycles. The Kier molecular flexibility index (Phi) is 11.6. The lowest BCUT2D eigenvalue weighted by molar-refractivity contribution is -0.137. The lowest BCUT2D eigenvalue weighted by atomic mass is 9.75. The van der Waals surface area contributed by atoms with E-state index in [-0.39, 0.29) is 12.4 Å². The summed E-state index contributed by atoms with van der Waals surface area (Å²) < 4.78 is 3.91. The van der Waals surface area contributed by atoms with Crippen molar-refractivity contribution in [3.63, 3.8) is 0 Å². The fraction of sp³-hybridized carbons (Fsp3) is 0.882. The normalized spacial score (nSPS) is 27.5. The molecule has 0 aromatic carbocycles. The molecule has 0 aliphatic heterocycles. The van der Waals surface area contributed by atoms with E-state index < -0.39 is 37.2 Å². The number of carbonyl (C=O) groups is 2. The van der Waals surface area contributed by atoms with Crippen LogP contribution in [-0.2, 0) is 9.53 Å². The summed E-state index contributed by atoms with van der Waals surface area (Å²) in [6.45, 7) is 5.88. The minimum absolute atomic E-state index is 0.0289. The van der Waals surface area contributed by atoms with E-state index in [1.165, 1.54) is 12.8 Å². The summed E-state index contributed by atoms with van der Waals surface area (Å²) in [5.41, 5.74) is 0. The molecule has 9 heteroatoms. The smallest absolute Gasteiger partial charge is 0.450 e. The first-order valence-electron chi connectivity index (χ1n) is 8.72. The van der Waals surface area contributed by atoms with Gasteiger partial charge < -0.3 is 40.2 Å². The average Bonchev–Trinajstić information content (AvgIpc) is 2.57. The second-order valence-corrected chi connectivity index (χ2v) is 7.15. The van der Waals surface area contributed by atoms with Crippen LogP contribution in [0.25, 0.3) is 0 Å². The minimum atomic E-state index is -1.91. The SMILES string of the molecule is CC1CCC(C(C)C)C(O)C1.O=C[C@H](O)[C@@H](O)[C@H](O)[C@H](O)COC(=O)O. The van der Waals surface area contributed by atoms with Crippen molar-refractivity contribution in [2.75, 3.05) is 6.61 Å². The average molecular weight is 380 g/mol. The molecule has 1 aliphatic carbocycles. The fourth-order valence-corrected chi connectivity index (χ4v) is 2.92. The van der Waals surface area contributed by atoms with Crippen molar-refractivity contribution in [3.8, 4) is 0 Å². The van der Waals surface area contributed by atoms with Crippen LogP contribution in [0.4, 0.5) is 4.79 Å². The van der Waals surface area contributed by atoms with E-state index in [1.54, 1.807) is 0 Å². The molecule has 7 atom stereocenters. The standard InChI is InChI=1S/C10H20O.C7H12O8/c1-7(2)9-5-4-8(3)6-10(9)11;8-1-3(9)5(11)6(12)4(10)2-15-7(13)14/h7-11H,4-6H2,1-3H3;1,3-6,9-12H,2H2,(H,13,14)/t;3-,4+,5+,6+/m.0/s1. The van der Waals surface area contributed by atoms with Gasteiger partial charge in [-0.3, -0.25) is 0 Å². The van der Waals surface area contributed by atoms with E-state index in [9.17, 15) is 14.7 Å². The molecular formula is C17H32O9. The number of hydrogen-bond donors (Lipinski definition) is 6. The highest BCUT2D eigenvalue weighted by molar-refractivity contribution is 5.57. The van der Waals surface area contributed by atoms with Crippen molar-refractivity contribution in [1.29, 1.82) is 0 Å². The van der Waals surface area contributed by atoms with Crippen LogP contribution < -0.4 is 0 Å². The van der Waals surface area contributed by atoms with Gasteiger partial charge in [0, 0.05) is 0 Å². The molecular weight excluding hydrogens is 348 g/mol. The van der Waals surface area contributed by atoms with Gasteiger partial charge in [0.15, 0.2) is 6.29 Å². The fourth-order valence-electron chi connectivity index (χ4n) is 2.92. The Bertz CT molecular complexity index is 415. The van der Waals surface area contributed by atoms with Crippen molar-refractivity contribution in [3.05, 3.63) is 0 Å². The molecule has 9 nitrogen and oxygen atoms in total. The Balaban J connectivity index is 0.000000502. The number of aliphatic hydroxyl groups is 5. The maximum absolute atomic E-state index is 10.0. The third-order valence-electron chi connectivity index (χ3n) is 4.60. The summed E-state index contributed by atoms with van der Waals surface area (Å²) in [6, 6.07) is 0. The Morgan fingerprint density at radius 1 is 1.15 bits per heavy atom. The second kappa shape index (κ2) is 12.2. The van der Waals surface area contributed by atoms with Crippen molar-refractivity contribution >= 4 is 12.4 Å². The molecule has 0 aromatic heterocycles. The van der Waals surface area contributed by atoms with Gasteiger partial charge in [0.25, 0.3) is 0 Å². The third kappa shape index (κ3) is 8.91. The van der Waals surface area contributed by atoms with Crippen molar-refractivity contribution in [2.45, 2.75) is 70.6 Å². The predicted octanol–water partition coefficient (Wildman–Crippen LogP) is -0.237. The molecule has 26 heavy (non-hydrogen) atoms. The first kappa shape index (κ1) is 24.7. The van der Waals surface area contributed by atoms with Crippen LogP contribution in [0.5, 0.6) is 0 Å².